The van der Waals surface area contributed by atoms with Crippen LogP contribution in [0.2, 0.25) is 5.02 Å². The maximum absolute atomic E-state index is 8.65. The van der Waals surface area contributed by atoms with E-state index in [0.29, 0.717) is 39.8 Å². The second-order valence-electron chi connectivity index (χ2n) is 4.39. The Morgan fingerprint density at radius 3 is 2.73 bits per heavy atom. The number of hydrogen-bond donors (Lipinski definition) is 1. The predicted octanol–water partition coefficient (Wildman–Crippen LogP) is 4.89. The molecule has 22 heavy (non-hydrogen) atoms. The SMILES string of the molecule is CCOc1cc(/C=N\O)cc(Br)c1OCc1ccccc1Cl. The molecule has 0 amide bonds. The summed E-state index contributed by atoms with van der Waals surface area (Å²) < 4.78 is 12.2. The fraction of sp³-hybridized carbons (Fsp3) is 0.188. The molecule has 0 fully saturated rings. The molecule has 116 valence electrons. The van der Waals surface area contributed by atoms with Crippen molar-refractivity contribution in [2.75, 3.05) is 6.61 Å². The van der Waals surface area contributed by atoms with Crippen molar-refractivity contribution in [1.29, 1.82) is 0 Å². The van der Waals surface area contributed by atoms with E-state index in [-0.39, 0.29) is 0 Å². The lowest BCUT2D eigenvalue weighted by Gasteiger charge is -2.15. The van der Waals surface area contributed by atoms with Gasteiger partial charge >= 0.3 is 0 Å². The summed E-state index contributed by atoms with van der Waals surface area (Å²) in [6.07, 6.45) is 1.32. The molecule has 2 aromatic carbocycles. The molecule has 0 aromatic heterocycles. The van der Waals surface area contributed by atoms with Crippen LogP contribution in [0.25, 0.3) is 0 Å². The van der Waals surface area contributed by atoms with Gasteiger partial charge in [0.15, 0.2) is 11.5 Å². The summed E-state index contributed by atoms with van der Waals surface area (Å²) in [7, 11) is 0. The van der Waals surface area contributed by atoms with Gasteiger partial charge in [0.1, 0.15) is 6.61 Å². The van der Waals surface area contributed by atoms with Crippen LogP contribution in [-0.4, -0.2) is 18.0 Å². The monoisotopic (exact) mass is 383 g/mol. The van der Waals surface area contributed by atoms with Crippen LogP contribution in [0.15, 0.2) is 46.0 Å². The lowest BCUT2D eigenvalue weighted by Crippen LogP contribution is -2.02. The van der Waals surface area contributed by atoms with Gasteiger partial charge in [-0.2, -0.15) is 0 Å². The van der Waals surface area contributed by atoms with E-state index in [2.05, 4.69) is 21.1 Å². The summed E-state index contributed by atoms with van der Waals surface area (Å²) in [5, 5.41) is 12.3. The first kappa shape index (κ1) is 16.6. The highest BCUT2D eigenvalue weighted by atomic mass is 79.9. The van der Waals surface area contributed by atoms with Crippen molar-refractivity contribution >= 4 is 33.7 Å². The Kier molecular flexibility index (Phi) is 6.10. The molecule has 0 heterocycles. The molecule has 0 radical (unpaired) electrons. The number of halogens is 2. The van der Waals surface area contributed by atoms with Crippen LogP contribution in [0.4, 0.5) is 0 Å². The highest BCUT2D eigenvalue weighted by molar-refractivity contribution is 9.10. The first-order chi connectivity index (χ1) is 10.7. The topological polar surface area (TPSA) is 51.0 Å². The Morgan fingerprint density at radius 2 is 2.05 bits per heavy atom. The molecule has 2 rings (SSSR count). The number of benzene rings is 2. The van der Waals surface area contributed by atoms with Crippen molar-refractivity contribution < 1.29 is 14.7 Å². The number of nitrogens with zero attached hydrogens (tertiary/aromatic N) is 1. The Balaban J connectivity index is 2.27. The third-order valence-corrected chi connectivity index (χ3v) is 3.83. The van der Waals surface area contributed by atoms with Gasteiger partial charge in [0.25, 0.3) is 0 Å². The zero-order valence-electron chi connectivity index (χ0n) is 11.9. The van der Waals surface area contributed by atoms with Crippen LogP contribution in [0.5, 0.6) is 11.5 Å². The van der Waals surface area contributed by atoms with E-state index in [4.69, 9.17) is 26.3 Å². The van der Waals surface area contributed by atoms with Gasteiger partial charge in [-0.05, 0) is 41.1 Å². The molecule has 0 aliphatic heterocycles. The minimum absolute atomic E-state index is 0.325. The standard InChI is InChI=1S/C16H15BrClNO3/c1-2-21-15-8-11(9-19-20)7-13(17)16(15)22-10-12-5-3-4-6-14(12)18/h3-9,20H,2,10H2,1H3/b19-9-. The molecule has 0 spiro atoms. The van der Waals surface area contributed by atoms with Gasteiger partial charge in [0, 0.05) is 16.1 Å². The largest absolute Gasteiger partial charge is 0.490 e. The van der Waals surface area contributed by atoms with Crippen LogP contribution in [0, 0.1) is 0 Å². The van der Waals surface area contributed by atoms with Crippen LogP contribution in [0.1, 0.15) is 18.1 Å². The van der Waals surface area contributed by atoms with Crippen molar-refractivity contribution in [1.82, 2.24) is 0 Å². The molecule has 6 heteroatoms. The van der Waals surface area contributed by atoms with E-state index in [0.717, 1.165) is 5.56 Å². The first-order valence-corrected chi connectivity index (χ1v) is 7.82. The summed E-state index contributed by atoms with van der Waals surface area (Å²) in [6, 6.07) is 11.0. The lowest BCUT2D eigenvalue weighted by molar-refractivity contribution is 0.267. The van der Waals surface area contributed by atoms with Crippen molar-refractivity contribution in [2.24, 2.45) is 5.16 Å². The van der Waals surface area contributed by atoms with Crippen LogP contribution < -0.4 is 9.47 Å². The molecule has 0 aliphatic rings. The molecule has 0 saturated carbocycles. The maximum Gasteiger partial charge on any atom is 0.175 e. The summed E-state index contributed by atoms with van der Waals surface area (Å²) >= 11 is 9.58. The van der Waals surface area contributed by atoms with Crippen molar-refractivity contribution in [2.45, 2.75) is 13.5 Å². The second kappa shape index (κ2) is 8.06. The Bertz CT molecular complexity index is 676. The molecule has 0 atom stereocenters. The van der Waals surface area contributed by atoms with Gasteiger partial charge in [-0.3, -0.25) is 0 Å². The van der Waals surface area contributed by atoms with E-state index < -0.39 is 0 Å². The van der Waals surface area contributed by atoms with Crippen molar-refractivity contribution in [3.05, 3.63) is 57.0 Å². The molecular weight excluding hydrogens is 370 g/mol. The summed E-state index contributed by atoms with van der Waals surface area (Å²) in [4.78, 5) is 0. The number of rotatable bonds is 6. The van der Waals surface area contributed by atoms with E-state index >= 15 is 0 Å². The van der Waals surface area contributed by atoms with Crippen LogP contribution in [0.3, 0.4) is 0 Å². The minimum Gasteiger partial charge on any atom is -0.490 e. The van der Waals surface area contributed by atoms with Crippen LogP contribution in [-0.2, 0) is 6.61 Å². The van der Waals surface area contributed by atoms with Crippen LogP contribution >= 0.6 is 27.5 Å². The van der Waals surface area contributed by atoms with Crippen molar-refractivity contribution in [3.8, 4) is 11.5 Å². The smallest absolute Gasteiger partial charge is 0.175 e. The quantitative estimate of drug-likeness (QED) is 0.438. The number of hydrogen-bond acceptors (Lipinski definition) is 4. The van der Waals surface area contributed by atoms with Gasteiger partial charge in [0.2, 0.25) is 0 Å². The zero-order chi connectivity index (χ0) is 15.9. The molecule has 1 N–H and O–H groups in total. The van der Waals surface area contributed by atoms with E-state index in [1.54, 1.807) is 12.1 Å². The van der Waals surface area contributed by atoms with E-state index in [9.17, 15) is 0 Å². The summed E-state index contributed by atoms with van der Waals surface area (Å²) in [6.45, 7) is 2.71. The van der Waals surface area contributed by atoms with Gasteiger partial charge in [-0.15, -0.1) is 0 Å². The lowest BCUT2D eigenvalue weighted by atomic mass is 10.2. The number of ether oxygens (including phenoxy) is 2. The third kappa shape index (κ3) is 4.15. The Morgan fingerprint density at radius 1 is 1.27 bits per heavy atom. The van der Waals surface area contributed by atoms with Gasteiger partial charge in [-0.1, -0.05) is 35.0 Å². The molecular formula is C16H15BrClNO3. The molecule has 2 aromatic rings. The minimum atomic E-state index is 0.325. The summed E-state index contributed by atoms with van der Waals surface area (Å²) in [5.74, 6) is 1.15. The van der Waals surface area contributed by atoms with Crippen molar-refractivity contribution in [3.63, 3.8) is 0 Å². The molecule has 0 saturated heterocycles. The first-order valence-electron chi connectivity index (χ1n) is 6.65. The highest BCUT2D eigenvalue weighted by Gasteiger charge is 2.13. The third-order valence-electron chi connectivity index (χ3n) is 2.87. The summed E-state index contributed by atoms with van der Waals surface area (Å²) in [5.41, 5.74) is 1.59. The average molecular weight is 385 g/mol. The van der Waals surface area contributed by atoms with Gasteiger partial charge in [-0.25, -0.2) is 0 Å². The Hall–Kier alpha value is -1.72. The van der Waals surface area contributed by atoms with Gasteiger partial charge in [0.05, 0.1) is 17.3 Å². The molecule has 0 aliphatic carbocycles. The average Bonchev–Trinajstić information content (AvgIpc) is 2.49. The van der Waals surface area contributed by atoms with Gasteiger partial charge < -0.3 is 14.7 Å². The molecule has 4 nitrogen and oxygen atoms in total. The molecule has 0 unspecified atom stereocenters. The fourth-order valence-corrected chi connectivity index (χ4v) is 2.66. The van der Waals surface area contributed by atoms with E-state index in [1.807, 2.05) is 31.2 Å². The maximum atomic E-state index is 8.65. The Labute approximate surface area is 142 Å². The normalized spacial score (nSPS) is 10.9. The molecule has 0 bridgehead atoms. The fourth-order valence-electron chi connectivity index (χ4n) is 1.90. The van der Waals surface area contributed by atoms with E-state index in [1.165, 1.54) is 6.21 Å². The predicted molar refractivity (Wildman–Crippen MR) is 90.5 cm³/mol. The number of oxime groups is 1. The zero-order valence-corrected chi connectivity index (χ0v) is 14.3. The second-order valence-corrected chi connectivity index (χ2v) is 5.65. The highest BCUT2D eigenvalue weighted by Crippen LogP contribution is 2.37.